The Morgan fingerprint density at radius 3 is 2.59 bits per heavy atom. The molecule has 29 heavy (non-hydrogen) atoms. The fourth-order valence-corrected chi connectivity index (χ4v) is 3.24. The van der Waals surface area contributed by atoms with Crippen molar-refractivity contribution >= 4 is 35.8 Å². The van der Waals surface area contributed by atoms with E-state index in [-0.39, 0.29) is 24.0 Å². The molecular weight excluding hydrogens is 477 g/mol. The van der Waals surface area contributed by atoms with Crippen LogP contribution in [0.3, 0.4) is 0 Å². The smallest absolute Gasteiger partial charge is 0.222 e. The molecule has 7 heteroatoms. The van der Waals surface area contributed by atoms with Crippen molar-refractivity contribution in [1.29, 1.82) is 0 Å². The molecule has 1 fully saturated rings. The van der Waals surface area contributed by atoms with Crippen molar-refractivity contribution in [2.75, 3.05) is 33.2 Å². The minimum atomic E-state index is 0. The fourth-order valence-electron chi connectivity index (χ4n) is 3.24. The quantitative estimate of drug-likeness (QED) is 0.218. The van der Waals surface area contributed by atoms with E-state index in [1.165, 1.54) is 11.1 Å². The van der Waals surface area contributed by atoms with Crippen molar-refractivity contribution in [2.45, 2.75) is 59.2 Å². The summed E-state index contributed by atoms with van der Waals surface area (Å²) in [5.41, 5.74) is 2.58. The Kier molecular flexibility index (Phi) is 12.2. The third kappa shape index (κ3) is 8.90. The number of carbonyl (C=O) groups is 1. The van der Waals surface area contributed by atoms with Crippen LogP contribution >= 0.6 is 24.0 Å². The van der Waals surface area contributed by atoms with E-state index in [4.69, 9.17) is 4.99 Å². The fraction of sp³-hybridized carbons (Fsp3) is 0.636. The predicted molar refractivity (Wildman–Crippen MR) is 132 cm³/mol. The van der Waals surface area contributed by atoms with E-state index in [1.807, 2.05) is 4.90 Å². The van der Waals surface area contributed by atoms with Gasteiger partial charge in [-0.25, -0.2) is 4.99 Å². The lowest BCUT2D eigenvalue weighted by Gasteiger charge is -2.22. The predicted octanol–water partition coefficient (Wildman–Crippen LogP) is 3.21. The summed E-state index contributed by atoms with van der Waals surface area (Å²) in [6.07, 6.45) is 2.65. The molecule has 2 rings (SSSR count). The molecule has 2 N–H and O–H groups in total. The zero-order valence-electron chi connectivity index (χ0n) is 18.4. The lowest BCUT2D eigenvalue weighted by atomic mass is 10.1. The number of halogens is 1. The standard InChI is InChI=1S/C22H37N5O.HI/c1-5-23-22(24-13-9-15-27-14-8-12-21(27)28)25-16-19-10-6-7-11-20(19)17-26(4)18(2)3;/h6-7,10-11,18H,5,8-9,12-17H2,1-4H3,(H2,23,24,25);1H. The summed E-state index contributed by atoms with van der Waals surface area (Å²) in [6, 6.07) is 9.04. The highest BCUT2D eigenvalue weighted by Crippen LogP contribution is 2.14. The number of nitrogens with one attached hydrogen (secondary N) is 2. The maximum Gasteiger partial charge on any atom is 0.222 e. The van der Waals surface area contributed by atoms with E-state index < -0.39 is 0 Å². The van der Waals surface area contributed by atoms with Crippen molar-refractivity contribution in [2.24, 2.45) is 4.99 Å². The van der Waals surface area contributed by atoms with Crippen LogP contribution in [0.5, 0.6) is 0 Å². The zero-order valence-corrected chi connectivity index (χ0v) is 20.7. The molecule has 0 spiro atoms. The second-order valence-corrected chi connectivity index (χ2v) is 7.74. The third-order valence-corrected chi connectivity index (χ3v) is 5.24. The first-order valence-electron chi connectivity index (χ1n) is 10.6. The average Bonchev–Trinajstić information content (AvgIpc) is 3.08. The van der Waals surface area contributed by atoms with Crippen LogP contribution in [0.25, 0.3) is 0 Å². The van der Waals surface area contributed by atoms with Crippen LogP contribution in [-0.4, -0.2) is 60.9 Å². The largest absolute Gasteiger partial charge is 0.357 e. The van der Waals surface area contributed by atoms with Gasteiger partial charge in [0.2, 0.25) is 5.91 Å². The molecular formula is C22H38IN5O. The summed E-state index contributed by atoms with van der Waals surface area (Å²) in [7, 11) is 2.15. The monoisotopic (exact) mass is 515 g/mol. The van der Waals surface area contributed by atoms with E-state index in [0.29, 0.717) is 24.9 Å². The highest BCUT2D eigenvalue weighted by Gasteiger charge is 2.18. The summed E-state index contributed by atoms with van der Waals surface area (Å²) in [5.74, 6) is 1.13. The molecule has 0 unspecified atom stereocenters. The molecule has 1 heterocycles. The molecule has 0 radical (unpaired) electrons. The molecule has 1 aromatic rings. The lowest BCUT2D eigenvalue weighted by Crippen LogP contribution is -2.39. The van der Waals surface area contributed by atoms with Crippen LogP contribution in [0, 0.1) is 0 Å². The molecule has 6 nitrogen and oxygen atoms in total. The molecule has 1 aliphatic heterocycles. The second kappa shape index (κ2) is 13.8. The number of carbonyl (C=O) groups excluding carboxylic acids is 1. The van der Waals surface area contributed by atoms with E-state index in [1.54, 1.807) is 0 Å². The number of hydrogen-bond acceptors (Lipinski definition) is 3. The number of rotatable bonds is 10. The highest BCUT2D eigenvalue weighted by molar-refractivity contribution is 14.0. The van der Waals surface area contributed by atoms with Crippen LogP contribution in [-0.2, 0) is 17.9 Å². The Balaban J connectivity index is 0.00000420. The van der Waals surface area contributed by atoms with Crippen LogP contribution in [0.15, 0.2) is 29.3 Å². The molecule has 0 bridgehead atoms. The Morgan fingerprint density at radius 1 is 1.24 bits per heavy atom. The van der Waals surface area contributed by atoms with E-state index >= 15 is 0 Å². The van der Waals surface area contributed by atoms with Gasteiger partial charge in [-0.05, 0) is 51.8 Å². The third-order valence-electron chi connectivity index (χ3n) is 5.24. The zero-order chi connectivity index (χ0) is 20.4. The van der Waals surface area contributed by atoms with Gasteiger partial charge in [0.25, 0.3) is 0 Å². The second-order valence-electron chi connectivity index (χ2n) is 7.74. The Hall–Kier alpha value is -1.35. The summed E-state index contributed by atoms with van der Waals surface area (Å²) in [5, 5.41) is 6.72. The van der Waals surface area contributed by atoms with E-state index in [0.717, 1.165) is 51.5 Å². The minimum Gasteiger partial charge on any atom is -0.357 e. The van der Waals surface area contributed by atoms with Gasteiger partial charge in [-0.1, -0.05) is 24.3 Å². The van der Waals surface area contributed by atoms with Crippen LogP contribution in [0.1, 0.15) is 51.2 Å². The maximum absolute atomic E-state index is 11.7. The number of nitrogens with zero attached hydrogens (tertiary/aromatic N) is 3. The van der Waals surface area contributed by atoms with Gasteiger partial charge in [0, 0.05) is 45.2 Å². The Morgan fingerprint density at radius 2 is 1.97 bits per heavy atom. The van der Waals surface area contributed by atoms with Crippen LogP contribution < -0.4 is 10.6 Å². The average molecular weight is 515 g/mol. The number of amides is 1. The van der Waals surface area contributed by atoms with Gasteiger partial charge in [0.1, 0.15) is 0 Å². The first-order chi connectivity index (χ1) is 13.5. The van der Waals surface area contributed by atoms with Gasteiger partial charge in [0.15, 0.2) is 5.96 Å². The molecule has 1 aliphatic rings. The lowest BCUT2D eigenvalue weighted by molar-refractivity contribution is -0.127. The van der Waals surface area contributed by atoms with Gasteiger partial charge in [-0.2, -0.15) is 0 Å². The molecule has 0 aromatic heterocycles. The number of likely N-dealkylation sites (tertiary alicyclic amines) is 1. The van der Waals surface area contributed by atoms with Crippen LogP contribution in [0.2, 0.25) is 0 Å². The summed E-state index contributed by atoms with van der Waals surface area (Å²) < 4.78 is 0. The Labute approximate surface area is 193 Å². The molecule has 1 aromatic carbocycles. The normalized spacial score (nSPS) is 14.5. The highest BCUT2D eigenvalue weighted by atomic mass is 127. The van der Waals surface area contributed by atoms with Crippen molar-refractivity contribution < 1.29 is 4.79 Å². The SMILES string of the molecule is CCNC(=NCc1ccccc1CN(C)C(C)C)NCCCN1CCCC1=O.I. The molecule has 1 saturated heterocycles. The van der Waals surface area contributed by atoms with Gasteiger partial charge in [-0.3, -0.25) is 9.69 Å². The summed E-state index contributed by atoms with van der Waals surface area (Å²) in [6.45, 7) is 11.5. The first kappa shape index (κ1) is 25.7. The van der Waals surface area contributed by atoms with Crippen LogP contribution in [0.4, 0.5) is 0 Å². The molecule has 0 saturated carbocycles. The number of benzene rings is 1. The van der Waals surface area contributed by atoms with Crippen molar-refractivity contribution in [3.05, 3.63) is 35.4 Å². The molecule has 0 aliphatic carbocycles. The summed E-state index contributed by atoms with van der Waals surface area (Å²) in [4.78, 5) is 20.8. The van der Waals surface area contributed by atoms with Gasteiger partial charge in [0.05, 0.1) is 6.54 Å². The topological polar surface area (TPSA) is 60.0 Å². The molecule has 1 amide bonds. The van der Waals surface area contributed by atoms with Gasteiger partial charge < -0.3 is 15.5 Å². The summed E-state index contributed by atoms with van der Waals surface area (Å²) >= 11 is 0. The Bertz CT molecular complexity index is 650. The minimum absolute atomic E-state index is 0. The number of guanidine groups is 1. The maximum atomic E-state index is 11.7. The van der Waals surface area contributed by atoms with E-state index in [9.17, 15) is 4.79 Å². The first-order valence-corrected chi connectivity index (χ1v) is 10.6. The molecule has 164 valence electrons. The number of hydrogen-bond donors (Lipinski definition) is 2. The van der Waals surface area contributed by atoms with Crippen molar-refractivity contribution in [1.82, 2.24) is 20.4 Å². The van der Waals surface area contributed by atoms with Gasteiger partial charge in [-0.15, -0.1) is 24.0 Å². The van der Waals surface area contributed by atoms with Crippen molar-refractivity contribution in [3.63, 3.8) is 0 Å². The van der Waals surface area contributed by atoms with E-state index in [2.05, 4.69) is 67.6 Å². The van der Waals surface area contributed by atoms with Crippen molar-refractivity contribution in [3.8, 4) is 0 Å². The van der Waals surface area contributed by atoms with Gasteiger partial charge >= 0.3 is 0 Å². The molecule has 0 atom stereocenters. The number of aliphatic imine (C=N–C) groups is 1.